The lowest BCUT2D eigenvalue weighted by atomic mass is 10.0. The van der Waals surface area contributed by atoms with Crippen LogP contribution in [0.2, 0.25) is 0 Å². The van der Waals surface area contributed by atoms with Gasteiger partial charge in [0.15, 0.2) is 0 Å². The average Bonchev–Trinajstić information content (AvgIpc) is 3.38. The summed E-state index contributed by atoms with van der Waals surface area (Å²) in [6.07, 6.45) is 21.8. The van der Waals surface area contributed by atoms with Gasteiger partial charge in [-0.15, -0.1) is 11.8 Å². The van der Waals surface area contributed by atoms with Gasteiger partial charge >= 0.3 is 0 Å². The molecular formula is C31H53N3O2S. The molecule has 210 valence electrons. The van der Waals surface area contributed by atoms with E-state index in [9.17, 15) is 9.59 Å². The lowest BCUT2D eigenvalue weighted by molar-refractivity contribution is -0.131. The van der Waals surface area contributed by atoms with Crippen molar-refractivity contribution in [3.8, 4) is 0 Å². The molecule has 6 heteroatoms. The first-order valence-corrected chi connectivity index (χ1v) is 16.1. The summed E-state index contributed by atoms with van der Waals surface area (Å²) < 4.78 is 0. The number of hydrogen-bond acceptors (Lipinski definition) is 4. The normalized spacial score (nSPS) is 17.2. The molecule has 2 N–H and O–H groups in total. The topological polar surface area (TPSA) is 61.4 Å². The maximum atomic E-state index is 12.9. The Bertz CT molecular complexity index is 755. The third kappa shape index (κ3) is 13.7. The van der Waals surface area contributed by atoms with Gasteiger partial charge in [0.25, 0.3) is 0 Å². The molecule has 1 aromatic rings. The van der Waals surface area contributed by atoms with Gasteiger partial charge in [0, 0.05) is 32.0 Å². The summed E-state index contributed by atoms with van der Waals surface area (Å²) in [6, 6.07) is 7.73. The first-order chi connectivity index (χ1) is 18.0. The van der Waals surface area contributed by atoms with Crippen molar-refractivity contribution >= 4 is 29.3 Å². The number of nitrogens with one attached hydrogen (secondary N) is 2. The Morgan fingerprint density at radius 3 is 1.81 bits per heavy atom. The predicted molar refractivity (Wildman–Crippen MR) is 160 cm³/mol. The van der Waals surface area contributed by atoms with Gasteiger partial charge in [-0.25, -0.2) is 0 Å². The molecule has 1 fully saturated rings. The van der Waals surface area contributed by atoms with Gasteiger partial charge in [0.2, 0.25) is 11.8 Å². The molecule has 5 nitrogen and oxygen atoms in total. The molecule has 1 aliphatic heterocycles. The molecule has 2 rings (SSSR count). The Hall–Kier alpha value is -1.53. The molecule has 0 saturated carbocycles. The molecule has 2 atom stereocenters. The molecule has 1 aromatic carbocycles. The minimum atomic E-state index is -0.129. The Morgan fingerprint density at radius 1 is 0.838 bits per heavy atom. The summed E-state index contributed by atoms with van der Waals surface area (Å²) in [5.41, 5.74) is 1.93. The lowest BCUT2D eigenvalue weighted by Gasteiger charge is -2.21. The number of benzene rings is 1. The maximum Gasteiger partial charge on any atom is 0.240 e. The molecule has 2 amide bonds. The monoisotopic (exact) mass is 531 g/mol. The largest absolute Gasteiger partial charge is 0.344 e. The number of hydrogen-bond donors (Lipinski definition) is 2. The summed E-state index contributed by atoms with van der Waals surface area (Å²) in [5, 5.41) is 6.40. The van der Waals surface area contributed by atoms with Gasteiger partial charge in [-0.1, -0.05) is 115 Å². The van der Waals surface area contributed by atoms with Gasteiger partial charge in [-0.2, -0.15) is 0 Å². The first-order valence-electron chi connectivity index (χ1n) is 15.0. The number of amides is 2. The highest BCUT2D eigenvalue weighted by atomic mass is 32.2. The quantitative estimate of drug-likeness (QED) is 0.167. The van der Waals surface area contributed by atoms with E-state index in [-0.39, 0.29) is 23.2 Å². The van der Waals surface area contributed by atoms with Crippen molar-refractivity contribution in [1.29, 1.82) is 0 Å². The fourth-order valence-electron chi connectivity index (χ4n) is 5.02. The highest BCUT2D eigenvalue weighted by Gasteiger charge is 2.32. The maximum absolute atomic E-state index is 12.9. The molecule has 0 aromatic heterocycles. The highest BCUT2D eigenvalue weighted by molar-refractivity contribution is 7.99. The smallest absolute Gasteiger partial charge is 0.240 e. The van der Waals surface area contributed by atoms with E-state index in [4.69, 9.17) is 0 Å². The fraction of sp³-hybridized carbons (Fsp3) is 0.742. The summed E-state index contributed by atoms with van der Waals surface area (Å²) in [5.74, 6) is 0.922. The number of likely N-dealkylation sites (N-methyl/N-ethyl adjacent to an activating group) is 1. The third-order valence-electron chi connectivity index (χ3n) is 7.34. The number of anilines is 1. The minimum absolute atomic E-state index is 0.0702. The van der Waals surface area contributed by atoms with Crippen LogP contribution in [0.1, 0.15) is 128 Å². The minimum Gasteiger partial charge on any atom is -0.344 e. The van der Waals surface area contributed by atoms with E-state index in [1.165, 1.54) is 103 Å². The summed E-state index contributed by atoms with van der Waals surface area (Å²) in [4.78, 5) is 26.0. The lowest BCUT2D eigenvalue weighted by Crippen LogP contribution is -2.43. The number of unbranched alkanes of at least 4 members (excludes halogenated alkanes) is 15. The van der Waals surface area contributed by atoms with Crippen LogP contribution in [0, 0.1) is 0 Å². The number of thioether (sulfide) groups is 1. The fourth-order valence-corrected chi connectivity index (χ4v) is 6.26. The van der Waals surface area contributed by atoms with Gasteiger partial charge < -0.3 is 10.2 Å². The van der Waals surface area contributed by atoms with Crippen molar-refractivity contribution in [3.63, 3.8) is 0 Å². The van der Waals surface area contributed by atoms with E-state index in [1.807, 2.05) is 36.2 Å². The molecule has 0 bridgehead atoms. The summed E-state index contributed by atoms with van der Waals surface area (Å²) in [7, 11) is 1.94. The average molecular weight is 532 g/mol. The molecule has 1 unspecified atom stereocenters. The Morgan fingerprint density at radius 2 is 1.32 bits per heavy atom. The van der Waals surface area contributed by atoms with Gasteiger partial charge in [-0.05, 0) is 24.1 Å². The summed E-state index contributed by atoms with van der Waals surface area (Å²) in [6.45, 7) is 4.64. The molecule has 1 aliphatic rings. The molecule has 1 saturated heterocycles. The predicted octanol–water partition coefficient (Wildman–Crippen LogP) is 8.07. The number of carbonyl (C=O) groups excluding carboxylic acids is 2. The molecule has 0 spiro atoms. The Labute approximate surface area is 231 Å². The summed E-state index contributed by atoms with van der Waals surface area (Å²) >= 11 is 1.77. The number of nitrogens with zero attached hydrogens (tertiary/aromatic N) is 1. The first kappa shape index (κ1) is 31.7. The zero-order valence-electron chi connectivity index (χ0n) is 23.9. The SMILES string of the molecule is CCCCCCCCCCCCCCCCCCN(C)C(=O)[C@@H]1CSC(c2ccc(NC(C)=O)cc2)N1. The number of carbonyl (C=O) groups is 2. The second-order valence-electron chi connectivity index (χ2n) is 10.8. The zero-order chi connectivity index (χ0) is 26.7. The third-order valence-corrected chi connectivity index (χ3v) is 8.60. The standard InChI is InChI=1S/C31H53N3O2S/c1-4-5-6-7-8-9-10-11-12-13-14-15-16-17-18-19-24-34(3)31(36)29-25-37-30(33-29)27-20-22-28(23-21-27)32-26(2)35/h20-23,29-30,33H,4-19,24-25H2,1-3H3,(H,32,35)/t29-,30?/m0/s1. The molecule has 0 radical (unpaired) electrons. The van der Waals surface area contributed by atoms with Crippen LogP contribution >= 0.6 is 11.8 Å². The van der Waals surface area contributed by atoms with Crippen molar-refractivity contribution in [2.24, 2.45) is 0 Å². The van der Waals surface area contributed by atoms with E-state index in [0.29, 0.717) is 0 Å². The Balaban J connectivity index is 1.45. The van der Waals surface area contributed by atoms with Crippen molar-refractivity contribution in [1.82, 2.24) is 10.2 Å². The molecule has 37 heavy (non-hydrogen) atoms. The molecule has 0 aliphatic carbocycles. The number of rotatable bonds is 20. The van der Waals surface area contributed by atoms with Gasteiger partial charge in [0.1, 0.15) is 0 Å². The van der Waals surface area contributed by atoms with E-state index < -0.39 is 0 Å². The highest BCUT2D eigenvalue weighted by Crippen LogP contribution is 2.33. The van der Waals surface area contributed by atoms with Crippen LogP contribution in [0.4, 0.5) is 5.69 Å². The van der Waals surface area contributed by atoms with E-state index in [0.717, 1.165) is 30.0 Å². The van der Waals surface area contributed by atoms with Crippen LogP contribution in [0.25, 0.3) is 0 Å². The van der Waals surface area contributed by atoms with Crippen LogP contribution < -0.4 is 10.6 Å². The van der Waals surface area contributed by atoms with Crippen LogP contribution in [0.15, 0.2) is 24.3 Å². The zero-order valence-corrected chi connectivity index (χ0v) is 24.7. The van der Waals surface area contributed by atoms with Crippen molar-refractivity contribution in [2.75, 3.05) is 24.7 Å². The van der Waals surface area contributed by atoms with Crippen molar-refractivity contribution in [3.05, 3.63) is 29.8 Å². The van der Waals surface area contributed by atoms with Crippen LogP contribution in [0.3, 0.4) is 0 Å². The second-order valence-corrected chi connectivity index (χ2v) is 11.9. The van der Waals surface area contributed by atoms with E-state index in [1.54, 1.807) is 11.8 Å². The van der Waals surface area contributed by atoms with Crippen LogP contribution in [0.5, 0.6) is 0 Å². The van der Waals surface area contributed by atoms with Crippen molar-refractivity contribution in [2.45, 2.75) is 128 Å². The van der Waals surface area contributed by atoms with Gasteiger partial charge in [0.05, 0.1) is 11.4 Å². The van der Waals surface area contributed by atoms with E-state index in [2.05, 4.69) is 17.6 Å². The van der Waals surface area contributed by atoms with Crippen LogP contribution in [-0.4, -0.2) is 42.1 Å². The molecule has 1 heterocycles. The molecular weight excluding hydrogens is 478 g/mol. The Kier molecular flexibility index (Phi) is 16.7. The van der Waals surface area contributed by atoms with Crippen LogP contribution in [-0.2, 0) is 9.59 Å². The second kappa shape index (κ2) is 19.5. The van der Waals surface area contributed by atoms with E-state index >= 15 is 0 Å². The van der Waals surface area contributed by atoms with Gasteiger partial charge in [-0.3, -0.25) is 14.9 Å². The van der Waals surface area contributed by atoms with Crippen molar-refractivity contribution < 1.29 is 9.59 Å².